The minimum absolute atomic E-state index is 0. The van der Waals surface area contributed by atoms with Gasteiger partial charge in [-0.05, 0) is 23.6 Å². The second kappa shape index (κ2) is 7.91. The Morgan fingerprint density at radius 2 is 2.24 bits per heavy atom. The summed E-state index contributed by atoms with van der Waals surface area (Å²) in [4.78, 5) is 12.1. The summed E-state index contributed by atoms with van der Waals surface area (Å²) >= 11 is 0. The monoisotopic (exact) mass is 505 g/mol. The molecular weight excluding hydrogens is 488 g/mol. The molecule has 1 aliphatic heterocycles. The molecule has 0 bridgehead atoms. The van der Waals surface area contributed by atoms with Crippen molar-refractivity contribution in [1.82, 2.24) is 5.32 Å². The molecule has 0 radical (unpaired) electrons. The zero-order valence-electron chi connectivity index (χ0n) is 11.8. The fourth-order valence-corrected chi connectivity index (χ4v) is 2.45. The standard InChI is InChI=1S/C16H14NO2.CH3.U/c18-15(11-6-2-1-3-7-11)10-13-12-8-4-5-9-14(12)17-16(13)19;;/h1-6,8,10,14,16-17,19H,9H2;1H3;/q2*-1;+2/b13-10+;;. The van der Waals surface area contributed by atoms with Crippen LogP contribution in [0.25, 0.3) is 0 Å². The maximum absolute atomic E-state index is 12.1. The van der Waals surface area contributed by atoms with Gasteiger partial charge in [0.1, 0.15) is 12.0 Å². The van der Waals surface area contributed by atoms with Gasteiger partial charge in [0.2, 0.25) is 0 Å². The minimum atomic E-state index is -0.774. The number of ketones is 1. The van der Waals surface area contributed by atoms with Crippen LogP contribution >= 0.6 is 0 Å². The molecule has 1 fully saturated rings. The smallest absolute Gasteiger partial charge is 0.374 e. The van der Waals surface area contributed by atoms with Crippen LogP contribution in [0.1, 0.15) is 16.8 Å². The van der Waals surface area contributed by atoms with Crippen molar-refractivity contribution in [3.05, 3.63) is 78.8 Å². The third-order valence-electron chi connectivity index (χ3n) is 3.41. The van der Waals surface area contributed by atoms with Gasteiger partial charge in [0.15, 0.2) is 0 Å². The average molecular weight is 505 g/mol. The van der Waals surface area contributed by atoms with Crippen molar-refractivity contribution in [3.8, 4) is 0 Å². The van der Waals surface area contributed by atoms with Crippen LogP contribution in [0.3, 0.4) is 0 Å². The van der Waals surface area contributed by atoms with Crippen LogP contribution in [-0.4, -0.2) is 23.2 Å². The third-order valence-corrected chi connectivity index (χ3v) is 3.41. The Kier molecular flexibility index (Phi) is 6.83. The maximum Gasteiger partial charge on any atom is 2.00 e. The van der Waals surface area contributed by atoms with Crippen molar-refractivity contribution in [1.29, 1.82) is 0 Å². The summed E-state index contributed by atoms with van der Waals surface area (Å²) in [5, 5.41) is 13.1. The van der Waals surface area contributed by atoms with Gasteiger partial charge in [-0.1, -0.05) is 18.2 Å². The molecule has 2 aliphatic rings. The van der Waals surface area contributed by atoms with E-state index in [-0.39, 0.29) is 50.4 Å². The fraction of sp³-hybridized carbons (Fsp3) is 0.176. The van der Waals surface area contributed by atoms with Gasteiger partial charge in [-0.25, -0.2) is 0 Å². The van der Waals surface area contributed by atoms with Gasteiger partial charge in [0.25, 0.3) is 0 Å². The quantitative estimate of drug-likeness (QED) is 0.369. The van der Waals surface area contributed by atoms with E-state index in [1.165, 1.54) is 6.08 Å². The largest absolute Gasteiger partial charge is 2.00 e. The normalized spacial score (nSPS) is 24.6. The number of hydrogen-bond donors (Lipinski definition) is 2. The Hall–Kier alpha value is -0.918. The number of rotatable bonds is 2. The van der Waals surface area contributed by atoms with Crippen molar-refractivity contribution >= 4 is 5.78 Å². The fourth-order valence-electron chi connectivity index (χ4n) is 2.45. The molecule has 21 heavy (non-hydrogen) atoms. The molecule has 1 aromatic rings. The number of nitrogens with one attached hydrogen (secondary N) is 1. The first kappa shape index (κ1) is 18.1. The summed E-state index contributed by atoms with van der Waals surface area (Å²) in [6, 6.07) is 10.1. The molecule has 0 aromatic heterocycles. The number of carbonyl (C=O) groups is 1. The first-order valence-electron chi connectivity index (χ1n) is 6.29. The molecule has 2 N–H and O–H groups in total. The predicted molar refractivity (Wildman–Crippen MR) is 78.9 cm³/mol. The van der Waals surface area contributed by atoms with Crippen molar-refractivity contribution in [3.63, 3.8) is 0 Å². The van der Waals surface area contributed by atoms with Crippen LogP contribution in [0.2, 0.25) is 0 Å². The number of fused-ring (bicyclic) bond motifs is 1. The summed E-state index contributed by atoms with van der Waals surface area (Å²) in [5.74, 6) is -0.132. The molecule has 0 saturated carbocycles. The molecule has 4 heteroatoms. The van der Waals surface area contributed by atoms with Crippen LogP contribution in [-0.2, 0) is 0 Å². The summed E-state index contributed by atoms with van der Waals surface area (Å²) in [7, 11) is 0. The molecule has 0 spiro atoms. The van der Waals surface area contributed by atoms with E-state index in [0.29, 0.717) is 11.1 Å². The molecule has 1 saturated heterocycles. The molecule has 1 aliphatic carbocycles. The van der Waals surface area contributed by atoms with E-state index in [4.69, 9.17) is 0 Å². The van der Waals surface area contributed by atoms with Crippen LogP contribution in [0.5, 0.6) is 0 Å². The van der Waals surface area contributed by atoms with Gasteiger partial charge in [-0.15, -0.1) is 35.9 Å². The Balaban J connectivity index is 0.00000110. The summed E-state index contributed by atoms with van der Waals surface area (Å²) < 4.78 is 0. The molecule has 3 nitrogen and oxygen atoms in total. The number of allylic oxidation sites excluding steroid dienone is 3. The molecule has 1 heterocycles. The molecule has 2 unspecified atom stereocenters. The molecule has 1 aromatic carbocycles. The second-order valence-electron chi connectivity index (χ2n) is 4.65. The number of hydrogen-bond acceptors (Lipinski definition) is 3. The minimum Gasteiger partial charge on any atom is -0.374 e. The Labute approximate surface area is 149 Å². The average Bonchev–Trinajstić information content (AvgIpc) is 2.76. The third kappa shape index (κ3) is 3.84. The van der Waals surface area contributed by atoms with E-state index in [2.05, 4.69) is 11.4 Å². The van der Waals surface area contributed by atoms with Gasteiger partial charge in [0.05, 0.1) is 0 Å². The Morgan fingerprint density at radius 1 is 1.43 bits per heavy atom. The summed E-state index contributed by atoms with van der Waals surface area (Å²) in [6.45, 7) is 0. The second-order valence-corrected chi connectivity index (χ2v) is 4.65. The van der Waals surface area contributed by atoms with Crippen molar-refractivity contribution in [2.75, 3.05) is 0 Å². The van der Waals surface area contributed by atoms with Crippen molar-refractivity contribution < 1.29 is 41.0 Å². The topological polar surface area (TPSA) is 49.3 Å². The van der Waals surface area contributed by atoms with E-state index >= 15 is 0 Å². The zero-order chi connectivity index (χ0) is 13.2. The summed E-state index contributed by atoms with van der Waals surface area (Å²) in [5.41, 5.74) is 2.17. The molecule has 3 rings (SSSR count). The first-order chi connectivity index (χ1) is 9.25. The van der Waals surface area contributed by atoms with Crippen molar-refractivity contribution in [2.24, 2.45) is 0 Å². The van der Waals surface area contributed by atoms with Gasteiger partial charge < -0.3 is 17.3 Å². The van der Waals surface area contributed by atoms with Gasteiger partial charge >= 0.3 is 31.1 Å². The van der Waals surface area contributed by atoms with E-state index < -0.39 is 6.23 Å². The van der Waals surface area contributed by atoms with Crippen LogP contribution < -0.4 is 5.32 Å². The van der Waals surface area contributed by atoms with E-state index in [9.17, 15) is 9.90 Å². The Morgan fingerprint density at radius 3 is 2.95 bits per heavy atom. The van der Waals surface area contributed by atoms with E-state index in [1.54, 1.807) is 18.2 Å². The molecule has 2 atom stereocenters. The summed E-state index contributed by atoms with van der Waals surface area (Å²) in [6.07, 6.45) is 7.53. The molecule has 0 amide bonds. The SMILES string of the molecule is O=C(/C=C1\C2=CC=CCC2NC1O)c1[c-]cccc1.[CH3-].[U+2]. The van der Waals surface area contributed by atoms with Gasteiger partial charge in [-0.2, -0.15) is 0 Å². The number of benzene rings is 1. The van der Waals surface area contributed by atoms with E-state index in [0.717, 1.165) is 12.0 Å². The van der Waals surface area contributed by atoms with Crippen molar-refractivity contribution in [2.45, 2.75) is 18.7 Å². The van der Waals surface area contributed by atoms with Crippen LogP contribution in [0.4, 0.5) is 0 Å². The van der Waals surface area contributed by atoms with Gasteiger partial charge in [-0.3, -0.25) is 5.32 Å². The van der Waals surface area contributed by atoms with E-state index in [1.807, 2.05) is 24.3 Å². The van der Waals surface area contributed by atoms with Crippen LogP contribution in [0.15, 0.2) is 59.7 Å². The first-order valence-corrected chi connectivity index (χ1v) is 6.29. The number of aliphatic hydroxyl groups excluding tert-OH is 1. The molecule has 106 valence electrons. The molecular formula is C17H17NO2U. The number of aliphatic hydroxyl groups is 1. The van der Waals surface area contributed by atoms with Gasteiger partial charge in [0, 0.05) is 6.04 Å². The van der Waals surface area contributed by atoms with Crippen LogP contribution in [0, 0.1) is 44.6 Å². The Bertz CT molecular complexity index is 590. The maximum atomic E-state index is 12.1. The zero-order valence-corrected chi connectivity index (χ0v) is 16.0. The predicted octanol–water partition coefficient (Wildman–Crippen LogP) is 2.22. The number of carbonyl (C=O) groups excluding carboxylic acids is 1.